The van der Waals surface area contributed by atoms with Crippen molar-refractivity contribution in [2.24, 2.45) is 0 Å². The van der Waals surface area contributed by atoms with Crippen molar-refractivity contribution < 1.29 is 4.79 Å². The molecule has 1 rings (SSSR count). The molecule has 14 heavy (non-hydrogen) atoms. The highest BCUT2D eigenvalue weighted by Crippen LogP contribution is 2.05. The van der Waals surface area contributed by atoms with Crippen LogP contribution in [0.4, 0.5) is 0 Å². The first-order chi connectivity index (χ1) is 6.74. The van der Waals surface area contributed by atoms with E-state index in [1.165, 1.54) is 0 Å². The van der Waals surface area contributed by atoms with E-state index in [2.05, 4.69) is 32.2 Å². The van der Waals surface area contributed by atoms with Crippen molar-refractivity contribution >= 4 is 21.8 Å². The second-order valence-corrected chi connectivity index (χ2v) is 3.37. The zero-order chi connectivity index (χ0) is 10.4. The average Bonchev–Trinajstić information content (AvgIpc) is 2.18. The third-order valence-corrected chi connectivity index (χ3v) is 1.94. The highest BCUT2D eigenvalue weighted by Gasteiger charge is 2.05. The molecule has 0 saturated heterocycles. The van der Waals surface area contributed by atoms with E-state index in [1.54, 1.807) is 18.2 Å². The van der Waals surface area contributed by atoms with Crippen LogP contribution in [0.15, 0.2) is 22.8 Å². The van der Waals surface area contributed by atoms with E-state index < -0.39 is 0 Å². The maximum atomic E-state index is 11.4. The van der Waals surface area contributed by atoms with Gasteiger partial charge in [0.2, 0.25) is 0 Å². The quantitative estimate of drug-likeness (QED) is 0.505. The molecule has 0 aliphatic heterocycles. The Morgan fingerprint density at radius 1 is 1.64 bits per heavy atom. The molecule has 0 radical (unpaired) electrons. The van der Waals surface area contributed by atoms with Gasteiger partial charge in [0.25, 0.3) is 5.91 Å². The summed E-state index contributed by atoms with van der Waals surface area (Å²) in [7, 11) is 0. The second-order valence-electron chi connectivity index (χ2n) is 2.56. The van der Waals surface area contributed by atoms with Gasteiger partial charge in [-0.15, -0.1) is 12.3 Å². The minimum Gasteiger partial charge on any atom is -0.350 e. The molecule has 0 aliphatic carbocycles. The Morgan fingerprint density at radius 3 is 3.07 bits per heavy atom. The topological polar surface area (TPSA) is 42.0 Å². The summed E-state index contributed by atoms with van der Waals surface area (Å²) in [5, 5.41) is 2.66. The van der Waals surface area contributed by atoms with Gasteiger partial charge in [-0.3, -0.25) is 4.79 Å². The Hall–Kier alpha value is -1.34. The van der Waals surface area contributed by atoms with Crippen LogP contribution in [0.1, 0.15) is 16.9 Å². The molecule has 0 bridgehead atoms. The Balaban J connectivity index is 2.57. The van der Waals surface area contributed by atoms with Gasteiger partial charge >= 0.3 is 0 Å². The summed E-state index contributed by atoms with van der Waals surface area (Å²) in [5.74, 6) is 2.23. The fourth-order valence-electron chi connectivity index (χ4n) is 0.873. The average molecular weight is 253 g/mol. The molecule has 0 unspecified atom stereocenters. The van der Waals surface area contributed by atoms with Crippen LogP contribution in [0.3, 0.4) is 0 Å². The summed E-state index contributed by atoms with van der Waals surface area (Å²) >= 11 is 3.19. The Kier molecular flexibility index (Phi) is 4.14. The zero-order valence-electron chi connectivity index (χ0n) is 7.46. The van der Waals surface area contributed by atoms with Crippen LogP contribution in [-0.4, -0.2) is 17.4 Å². The molecule has 1 heterocycles. The van der Waals surface area contributed by atoms with Crippen molar-refractivity contribution in [1.29, 1.82) is 0 Å². The van der Waals surface area contributed by atoms with Gasteiger partial charge < -0.3 is 5.32 Å². The molecule has 3 nitrogen and oxygen atoms in total. The third kappa shape index (κ3) is 3.19. The Morgan fingerprint density at radius 2 is 2.43 bits per heavy atom. The maximum absolute atomic E-state index is 11.4. The molecule has 1 aromatic heterocycles. The van der Waals surface area contributed by atoms with E-state index in [9.17, 15) is 4.79 Å². The van der Waals surface area contributed by atoms with Gasteiger partial charge in [-0.2, -0.15) is 0 Å². The number of aromatic nitrogens is 1. The summed E-state index contributed by atoms with van der Waals surface area (Å²) in [5.41, 5.74) is 0.386. The van der Waals surface area contributed by atoms with Crippen molar-refractivity contribution in [3.8, 4) is 12.3 Å². The molecule has 1 aromatic rings. The molecule has 0 aliphatic rings. The summed E-state index contributed by atoms with van der Waals surface area (Å²) in [4.78, 5) is 15.4. The number of carbonyl (C=O) groups is 1. The first kappa shape index (κ1) is 10.7. The number of nitrogens with zero attached hydrogens (tertiary/aromatic N) is 1. The Labute approximate surface area is 91.1 Å². The lowest BCUT2D eigenvalue weighted by molar-refractivity contribution is 0.0949. The molecular weight excluding hydrogens is 244 g/mol. The van der Waals surface area contributed by atoms with Crippen LogP contribution in [0, 0.1) is 12.3 Å². The minimum atomic E-state index is -0.207. The van der Waals surface area contributed by atoms with Gasteiger partial charge in [0.15, 0.2) is 0 Å². The van der Waals surface area contributed by atoms with Crippen molar-refractivity contribution in [2.75, 3.05) is 6.54 Å². The van der Waals surface area contributed by atoms with E-state index >= 15 is 0 Å². The van der Waals surface area contributed by atoms with Gasteiger partial charge in [0.1, 0.15) is 10.3 Å². The van der Waals surface area contributed by atoms with E-state index in [0.717, 1.165) is 0 Å². The summed E-state index contributed by atoms with van der Waals surface area (Å²) in [6.07, 6.45) is 5.58. The normalized spacial score (nSPS) is 9.14. The molecular formula is C10H9BrN2O. The first-order valence-electron chi connectivity index (χ1n) is 4.08. The number of pyridine rings is 1. The summed E-state index contributed by atoms with van der Waals surface area (Å²) in [6, 6.07) is 5.17. The molecule has 0 fully saturated rings. The van der Waals surface area contributed by atoms with Crippen molar-refractivity contribution in [3.05, 3.63) is 28.5 Å². The standard InChI is InChI=1S/C10H9BrN2O/c1-2-3-7-12-10(14)8-5-4-6-9(11)13-8/h1,4-6H,3,7H2,(H,12,14). The monoisotopic (exact) mass is 252 g/mol. The molecule has 72 valence electrons. The number of terminal acetylenes is 1. The number of halogens is 1. The molecule has 1 N–H and O–H groups in total. The SMILES string of the molecule is C#CCCNC(=O)c1cccc(Br)n1. The number of hydrogen-bond donors (Lipinski definition) is 1. The van der Waals surface area contributed by atoms with Crippen molar-refractivity contribution in [3.63, 3.8) is 0 Å². The van der Waals surface area contributed by atoms with E-state index in [-0.39, 0.29) is 5.91 Å². The minimum absolute atomic E-state index is 0.207. The highest BCUT2D eigenvalue weighted by molar-refractivity contribution is 9.10. The first-order valence-corrected chi connectivity index (χ1v) is 4.87. The summed E-state index contributed by atoms with van der Waals surface area (Å²) in [6.45, 7) is 0.476. The number of amides is 1. The van der Waals surface area contributed by atoms with E-state index in [4.69, 9.17) is 6.42 Å². The third-order valence-electron chi connectivity index (χ3n) is 1.50. The lowest BCUT2D eigenvalue weighted by Crippen LogP contribution is -2.25. The van der Waals surface area contributed by atoms with Gasteiger partial charge in [-0.25, -0.2) is 4.98 Å². The van der Waals surface area contributed by atoms with Gasteiger partial charge in [0, 0.05) is 13.0 Å². The highest BCUT2D eigenvalue weighted by atomic mass is 79.9. The predicted molar refractivity (Wildman–Crippen MR) is 57.7 cm³/mol. The van der Waals surface area contributed by atoms with Crippen LogP contribution in [0.2, 0.25) is 0 Å². The van der Waals surface area contributed by atoms with E-state index in [1.807, 2.05) is 0 Å². The zero-order valence-corrected chi connectivity index (χ0v) is 9.04. The predicted octanol–water partition coefficient (Wildman–Crippen LogP) is 1.60. The van der Waals surface area contributed by atoms with Gasteiger partial charge in [-0.05, 0) is 28.1 Å². The van der Waals surface area contributed by atoms with Gasteiger partial charge in [0.05, 0.1) is 0 Å². The fourth-order valence-corrected chi connectivity index (χ4v) is 1.22. The lowest BCUT2D eigenvalue weighted by atomic mass is 10.3. The molecule has 0 saturated carbocycles. The summed E-state index contributed by atoms with van der Waals surface area (Å²) < 4.78 is 0.641. The maximum Gasteiger partial charge on any atom is 0.269 e. The second kappa shape index (κ2) is 5.40. The molecule has 1 amide bonds. The lowest BCUT2D eigenvalue weighted by Gasteiger charge is -2.01. The van der Waals surface area contributed by atoms with Crippen LogP contribution >= 0.6 is 15.9 Å². The largest absolute Gasteiger partial charge is 0.350 e. The van der Waals surface area contributed by atoms with Crippen LogP contribution in [0.25, 0.3) is 0 Å². The molecule has 0 atom stereocenters. The van der Waals surface area contributed by atoms with Crippen LogP contribution < -0.4 is 5.32 Å². The van der Waals surface area contributed by atoms with Crippen molar-refractivity contribution in [2.45, 2.75) is 6.42 Å². The van der Waals surface area contributed by atoms with Crippen molar-refractivity contribution in [1.82, 2.24) is 10.3 Å². The molecule has 0 aromatic carbocycles. The smallest absolute Gasteiger partial charge is 0.269 e. The fraction of sp³-hybridized carbons (Fsp3) is 0.200. The van der Waals surface area contributed by atoms with E-state index in [0.29, 0.717) is 23.3 Å². The number of hydrogen-bond acceptors (Lipinski definition) is 2. The number of nitrogens with one attached hydrogen (secondary N) is 1. The van der Waals surface area contributed by atoms with Crippen LogP contribution in [-0.2, 0) is 0 Å². The Bertz CT molecular complexity index is 371. The van der Waals surface area contributed by atoms with Crippen LogP contribution in [0.5, 0.6) is 0 Å². The molecule has 4 heteroatoms. The molecule has 0 spiro atoms. The number of rotatable bonds is 3. The van der Waals surface area contributed by atoms with Gasteiger partial charge in [-0.1, -0.05) is 6.07 Å². The number of carbonyl (C=O) groups excluding carboxylic acids is 1.